The molecule has 1 aliphatic rings. The lowest BCUT2D eigenvalue weighted by Gasteiger charge is -2.33. The van der Waals surface area contributed by atoms with Crippen molar-refractivity contribution < 1.29 is 4.52 Å². The van der Waals surface area contributed by atoms with Crippen molar-refractivity contribution in [3.8, 4) is 11.4 Å². The minimum atomic E-state index is 0.650. The zero-order chi connectivity index (χ0) is 16.2. The van der Waals surface area contributed by atoms with Gasteiger partial charge >= 0.3 is 0 Å². The van der Waals surface area contributed by atoms with Crippen LogP contribution in [0.25, 0.3) is 11.4 Å². The highest BCUT2D eigenvalue weighted by molar-refractivity contribution is 6.29. The minimum absolute atomic E-state index is 0.650. The molecule has 1 fully saturated rings. The van der Waals surface area contributed by atoms with E-state index in [9.17, 15) is 0 Å². The molecule has 1 aromatic heterocycles. The molecule has 23 heavy (non-hydrogen) atoms. The Morgan fingerprint density at radius 1 is 1.17 bits per heavy atom. The summed E-state index contributed by atoms with van der Waals surface area (Å²) in [4.78, 5) is 9.13. The molecule has 0 aliphatic carbocycles. The van der Waals surface area contributed by atoms with Gasteiger partial charge in [0.2, 0.25) is 11.7 Å². The molecular weight excluding hydrogens is 312 g/mol. The fourth-order valence-corrected chi connectivity index (χ4v) is 2.85. The van der Waals surface area contributed by atoms with E-state index in [1.165, 1.54) is 5.56 Å². The first kappa shape index (κ1) is 16.2. The summed E-state index contributed by atoms with van der Waals surface area (Å²) in [7, 11) is 0. The Morgan fingerprint density at radius 2 is 1.83 bits per heavy atom. The van der Waals surface area contributed by atoms with Crippen molar-refractivity contribution in [3.05, 3.63) is 47.3 Å². The number of aromatic nitrogens is 2. The monoisotopic (exact) mass is 332 g/mol. The first-order chi connectivity index (χ1) is 11.1. The van der Waals surface area contributed by atoms with Gasteiger partial charge in [-0.1, -0.05) is 53.2 Å². The summed E-state index contributed by atoms with van der Waals surface area (Å²) in [6.45, 7) is 11.1. The Kier molecular flexibility index (Phi) is 5.10. The number of benzene rings is 1. The lowest BCUT2D eigenvalue weighted by molar-refractivity contribution is 0.124. The molecule has 3 rings (SSSR count). The molecular formula is C17H21ClN4O. The zero-order valence-corrected chi connectivity index (χ0v) is 14.1. The van der Waals surface area contributed by atoms with Crippen molar-refractivity contribution in [2.24, 2.45) is 0 Å². The lowest BCUT2D eigenvalue weighted by atomic mass is 10.1. The van der Waals surface area contributed by atoms with Crippen LogP contribution in [0.4, 0.5) is 0 Å². The van der Waals surface area contributed by atoms with Crippen molar-refractivity contribution in [3.63, 3.8) is 0 Å². The van der Waals surface area contributed by atoms with Crippen LogP contribution in [0.2, 0.25) is 0 Å². The predicted octanol–water partition coefficient (Wildman–Crippen LogP) is 2.92. The topological polar surface area (TPSA) is 45.4 Å². The van der Waals surface area contributed by atoms with Crippen LogP contribution in [0.1, 0.15) is 11.5 Å². The van der Waals surface area contributed by atoms with Gasteiger partial charge in [0.1, 0.15) is 0 Å². The quantitative estimate of drug-likeness (QED) is 0.842. The number of hydrogen-bond donors (Lipinski definition) is 0. The van der Waals surface area contributed by atoms with Crippen LogP contribution in [0.5, 0.6) is 0 Å². The number of nitrogens with zero attached hydrogens (tertiary/aromatic N) is 4. The standard InChI is InChI=1S/C17H21ClN4O/c1-13-3-5-15(6-4-13)17-19-16(23-20-17)12-22-9-7-21(8-10-22)11-14(2)18/h3-6H,2,7-12H2,1H3. The lowest BCUT2D eigenvalue weighted by Crippen LogP contribution is -2.46. The normalized spacial score (nSPS) is 16.6. The van der Waals surface area contributed by atoms with Gasteiger partial charge in [-0.2, -0.15) is 4.98 Å². The summed E-state index contributed by atoms with van der Waals surface area (Å²) in [6, 6.07) is 8.13. The number of hydrogen-bond acceptors (Lipinski definition) is 5. The van der Waals surface area contributed by atoms with Gasteiger partial charge in [-0.25, -0.2) is 0 Å². The molecule has 0 N–H and O–H groups in total. The third kappa shape index (κ3) is 4.41. The summed E-state index contributed by atoms with van der Waals surface area (Å²) in [5.41, 5.74) is 2.20. The maximum absolute atomic E-state index is 5.86. The first-order valence-corrected chi connectivity index (χ1v) is 8.15. The van der Waals surface area contributed by atoms with Crippen LogP contribution >= 0.6 is 11.6 Å². The highest BCUT2D eigenvalue weighted by atomic mass is 35.5. The summed E-state index contributed by atoms with van der Waals surface area (Å²) < 4.78 is 5.39. The maximum atomic E-state index is 5.86. The zero-order valence-electron chi connectivity index (χ0n) is 13.3. The van der Waals surface area contributed by atoms with Crippen LogP contribution < -0.4 is 0 Å². The average Bonchev–Trinajstić information content (AvgIpc) is 2.98. The Labute approximate surface area is 141 Å². The van der Waals surface area contributed by atoms with Crippen molar-refractivity contribution >= 4 is 11.6 Å². The average molecular weight is 333 g/mol. The Hall–Kier alpha value is -1.69. The van der Waals surface area contributed by atoms with Crippen LogP contribution in [-0.4, -0.2) is 52.7 Å². The molecule has 2 heterocycles. The molecule has 0 bridgehead atoms. The molecule has 0 spiro atoms. The SMILES string of the molecule is C=C(Cl)CN1CCN(Cc2nc(-c3ccc(C)cc3)no2)CC1. The Bertz CT molecular complexity index is 659. The largest absolute Gasteiger partial charge is 0.338 e. The molecule has 6 heteroatoms. The van der Waals surface area contributed by atoms with Gasteiger partial charge in [0.15, 0.2) is 0 Å². The van der Waals surface area contributed by atoms with E-state index in [-0.39, 0.29) is 0 Å². The second-order valence-electron chi connectivity index (χ2n) is 5.95. The predicted molar refractivity (Wildman–Crippen MR) is 91.2 cm³/mol. The van der Waals surface area contributed by atoms with E-state index in [1.807, 2.05) is 12.1 Å². The van der Waals surface area contributed by atoms with Crippen LogP contribution in [0.3, 0.4) is 0 Å². The molecule has 1 aliphatic heterocycles. The molecule has 1 aromatic carbocycles. The third-order valence-electron chi connectivity index (χ3n) is 4.00. The second-order valence-corrected chi connectivity index (χ2v) is 6.48. The van der Waals surface area contributed by atoms with Gasteiger partial charge < -0.3 is 4.52 Å². The summed E-state index contributed by atoms with van der Waals surface area (Å²) in [6.07, 6.45) is 0. The molecule has 0 unspecified atom stereocenters. The maximum Gasteiger partial charge on any atom is 0.241 e. The Morgan fingerprint density at radius 3 is 2.48 bits per heavy atom. The second kappa shape index (κ2) is 7.25. The number of rotatable bonds is 5. The van der Waals surface area contributed by atoms with Gasteiger partial charge in [-0.15, -0.1) is 0 Å². The molecule has 0 atom stereocenters. The number of piperazine rings is 1. The number of halogens is 1. The molecule has 0 amide bonds. The van der Waals surface area contributed by atoms with Crippen molar-refractivity contribution in [2.45, 2.75) is 13.5 Å². The molecule has 5 nitrogen and oxygen atoms in total. The molecule has 1 saturated heterocycles. The molecule has 0 radical (unpaired) electrons. The molecule has 0 saturated carbocycles. The van der Waals surface area contributed by atoms with Crippen LogP contribution in [0.15, 0.2) is 40.4 Å². The summed E-state index contributed by atoms with van der Waals surface area (Å²) >= 11 is 5.86. The minimum Gasteiger partial charge on any atom is -0.338 e. The van der Waals surface area contributed by atoms with E-state index in [2.05, 4.69) is 45.6 Å². The van der Waals surface area contributed by atoms with Crippen molar-refractivity contribution in [1.29, 1.82) is 0 Å². The van der Waals surface area contributed by atoms with Gasteiger partial charge in [0.25, 0.3) is 0 Å². The van der Waals surface area contributed by atoms with Crippen molar-refractivity contribution in [2.75, 3.05) is 32.7 Å². The third-order valence-corrected chi connectivity index (χ3v) is 4.12. The molecule has 122 valence electrons. The van der Waals surface area contributed by atoms with E-state index in [4.69, 9.17) is 16.1 Å². The van der Waals surface area contributed by atoms with E-state index < -0.39 is 0 Å². The fraction of sp³-hybridized carbons (Fsp3) is 0.412. The first-order valence-electron chi connectivity index (χ1n) is 7.78. The van der Waals surface area contributed by atoms with Crippen molar-refractivity contribution in [1.82, 2.24) is 19.9 Å². The van der Waals surface area contributed by atoms with E-state index in [0.717, 1.165) is 38.3 Å². The smallest absolute Gasteiger partial charge is 0.241 e. The Balaban J connectivity index is 1.56. The van der Waals surface area contributed by atoms with E-state index in [1.54, 1.807) is 0 Å². The van der Waals surface area contributed by atoms with Gasteiger partial charge in [0, 0.05) is 43.3 Å². The van der Waals surface area contributed by atoms with Crippen LogP contribution in [0, 0.1) is 6.92 Å². The van der Waals surface area contributed by atoms with Crippen LogP contribution in [-0.2, 0) is 6.54 Å². The van der Waals surface area contributed by atoms with E-state index >= 15 is 0 Å². The van der Waals surface area contributed by atoms with E-state index in [0.29, 0.717) is 23.3 Å². The summed E-state index contributed by atoms with van der Waals surface area (Å²) in [5.74, 6) is 1.31. The highest BCUT2D eigenvalue weighted by Gasteiger charge is 2.19. The summed E-state index contributed by atoms with van der Waals surface area (Å²) in [5, 5.41) is 4.78. The molecule has 2 aromatic rings. The number of aryl methyl sites for hydroxylation is 1. The van der Waals surface area contributed by atoms with Gasteiger partial charge in [0.05, 0.1) is 6.54 Å². The van der Waals surface area contributed by atoms with Gasteiger partial charge in [-0.3, -0.25) is 9.80 Å². The van der Waals surface area contributed by atoms with Gasteiger partial charge in [-0.05, 0) is 6.92 Å². The highest BCUT2D eigenvalue weighted by Crippen LogP contribution is 2.17. The fourth-order valence-electron chi connectivity index (χ4n) is 2.68.